The molecule has 7 heteroatoms. The summed E-state index contributed by atoms with van der Waals surface area (Å²) in [4.78, 5) is 25.7. The van der Waals surface area contributed by atoms with Gasteiger partial charge in [0.15, 0.2) is 0 Å². The average Bonchev–Trinajstić information content (AvgIpc) is 3.11. The predicted octanol–water partition coefficient (Wildman–Crippen LogP) is 0.527. The molecule has 2 rings (SSSR count). The van der Waals surface area contributed by atoms with E-state index in [1.54, 1.807) is 12.0 Å². The van der Waals surface area contributed by atoms with Crippen molar-refractivity contribution in [3.05, 3.63) is 29.8 Å². The molecule has 0 spiro atoms. The number of nitrogens with two attached hydrogens (primary N) is 2. The Balaban J connectivity index is 1.98. The van der Waals surface area contributed by atoms with Gasteiger partial charge in [0.25, 0.3) is 0 Å². The molecule has 1 aromatic rings. The highest BCUT2D eigenvalue weighted by molar-refractivity contribution is 5.79. The first-order valence-corrected chi connectivity index (χ1v) is 9.08. The number of ether oxygens (including phenoxy) is 1. The number of carbonyl (C=O) groups excluding carboxylic acids is 2. The number of likely N-dealkylation sites (tertiary alicyclic amines) is 1. The molecule has 4 atom stereocenters. The van der Waals surface area contributed by atoms with Crippen LogP contribution in [-0.4, -0.2) is 55.6 Å². The fraction of sp³-hybridized carbons (Fsp3) is 0.579. The van der Waals surface area contributed by atoms with E-state index in [-0.39, 0.29) is 30.0 Å². The minimum Gasteiger partial charge on any atom is -0.399 e. The van der Waals surface area contributed by atoms with Crippen LogP contribution in [0.5, 0.6) is 0 Å². The topological polar surface area (TPSA) is 111 Å². The summed E-state index contributed by atoms with van der Waals surface area (Å²) in [6.45, 7) is 2.89. The monoisotopic (exact) mass is 362 g/mol. The fourth-order valence-corrected chi connectivity index (χ4v) is 3.61. The number of hydrogen-bond donors (Lipinski definition) is 3. The molecule has 1 heterocycles. The van der Waals surface area contributed by atoms with E-state index in [0.717, 1.165) is 24.8 Å². The Kier molecular flexibility index (Phi) is 7.41. The summed E-state index contributed by atoms with van der Waals surface area (Å²) >= 11 is 0. The van der Waals surface area contributed by atoms with Gasteiger partial charge >= 0.3 is 0 Å². The molecule has 0 aliphatic carbocycles. The van der Waals surface area contributed by atoms with Crippen molar-refractivity contribution in [3.8, 4) is 0 Å². The van der Waals surface area contributed by atoms with Gasteiger partial charge in [0.2, 0.25) is 12.3 Å². The van der Waals surface area contributed by atoms with Crippen LogP contribution >= 0.6 is 0 Å². The standard InChI is InChI=1S/C19H30N4O3/c1-13(18(26-2)17-4-3-9-23(17)12-24)19(25)22-16(11-20)10-14-5-7-15(21)8-6-14/h5-8,12-13,16-18H,3-4,9-11,20-21H2,1-2H3,(H,22,25)/t13-,16+,17+,18-/m1/s1. The van der Waals surface area contributed by atoms with E-state index in [2.05, 4.69) is 5.32 Å². The maximum atomic E-state index is 12.7. The van der Waals surface area contributed by atoms with E-state index in [4.69, 9.17) is 16.2 Å². The molecule has 0 aromatic heterocycles. The van der Waals surface area contributed by atoms with Gasteiger partial charge in [0.1, 0.15) is 0 Å². The van der Waals surface area contributed by atoms with E-state index in [9.17, 15) is 9.59 Å². The van der Waals surface area contributed by atoms with E-state index < -0.39 is 0 Å². The smallest absolute Gasteiger partial charge is 0.225 e. The van der Waals surface area contributed by atoms with Gasteiger partial charge in [-0.15, -0.1) is 0 Å². The molecule has 7 nitrogen and oxygen atoms in total. The molecular formula is C19H30N4O3. The SMILES string of the molecule is CO[C@H]([C@@H](C)C(=O)N[C@H](CN)Cc1ccc(N)cc1)[C@@H]1CCCN1C=O. The van der Waals surface area contributed by atoms with Crippen LogP contribution in [0.2, 0.25) is 0 Å². The van der Waals surface area contributed by atoms with Gasteiger partial charge in [-0.2, -0.15) is 0 Å². The molecule has 1 aliphatic rings. The van der Waals surface area contributed by atoms with E-state index in [1.807, 2.05) is 31.2 Å². The van der Waals surface area contributed by atoms with Gasteiger partial charge in [-0.3, -0.25) is 9.59 Å². The largest absolute Gasteiger partial charge is 0.399 e. The molecule has 0 saturated carbocycles. The molecule has 26 heavy (non-hydrogen) atoms. The van der Waals surface area contributed by atoms with Crippen LogP contribution in [0.3, 0.4) is 0 Å². The van der Waals surface area contributed by atoms with Crippen LogP contribution in [-0.2, 0) is 20.7 Å². The van der Waals surface area contributed by atoms with E-state index >= 15 is 0 Å². The summed E-state index contributed by atoms with van der Waals surface area (Å²) in [5.41, 5.74) is 13.3. The van der Waals surface area contributed by atoms with Gasteiger partial charge in [-0.1, -0.05) is 19.1 Å². The summed E-state index contributed by atoms with van der Waals surface area (Å²) < 4.78 is 5.59. The summed E-state index contributed by atoms with van der Waals surface area (Å²) in [6.07, 6.45) is 2.92. The number of nitrogens with zero attached hydrogens (tertiary/aromatic N) is 1. The molecule has 5 N–H and O–H groups in total. The number of methoxy groups -OCH3 is 1. The summed E-state index contributed by atoms with van der Waals surface area (Å²) in [5, 5.41) is 3.02. The van der Waals surface area contributed by atoms with Crippen LogP contribution in [0.1, 0.15) is 25.3 Å². The lowest BCUT2D eigenvalue weighted by atomic mass is 9.94. The van der Waals surface area contributed by atoms with Gasteiger partial charge in [0.05, 0.1) is 18.1 Å². The molecule has 1 fully saturated rings. The van der Waals surface area contributed by atoms with E-state index in [0.29, 0.717) is 25.2 Å². The van der Waals surface area contributed by atoms with Crippen molar-refractivity contribution < 1.29 is 14.3 Å². The first-order valence-electron chi connectivity index (χ1n) is 9.08. The molecule has 1 aromatic carbocycles. The summed E-state index contributed by atoms with van der Waals surface area (Å²) in [6, 6.07) is 7.31. The number of anilines is 1. The van der Waals surface area contributed by atoms with Crippen molar-refractivity contribution in [3.63, 3.8) is 0 Å². The zero-order valence-corrected chi connectivity index (χ0v) is 15.6. The second-order valence-corrected chi connectivity index (χ2v) is 6.93. The number of nitrogen functional groups attached to an aromatic ring is 1. The average molecular weight is 362 g/mol. The Morgan fingerprint density at radius 2 is 2.12 bits per heavy atom. The first-order chi connectivity index (χ1) is 12.5. The van der Waals surface area contributed by atoms with Crippen LogP contribution in [0.4, 0.5) is 5.69 Å². The second-order valence-electron chi connectivity index (χ2n) is 6.93. The van der Waals surface area contributed by atoms with Gasteiger partial charge in [-0.25, -0.2) is 0 Å². The van der Waals surface area contributed by atoms with Gasteiger partial charge < -0.3 is 26.4 Å². The number of nitrogens with one attached hydrogen (secondary N) is 1. The quantitative estimate of drug-likeness (QED) is 0.438. The van der Waals surface area contributed by atoms with Crippen molar-refractivity contribution in [2.45, 2.75) is 44.4 Å². The number of carbonyl (C=O) groups is 2. The zero-order chi connectivity index (χ0) is 19.1. The highest BCUT2D eigenvalue weighted by Gasteiger charge is 2.37. The number of hydrogen-bond acceptors (Lipinski definition) is 5. The Labute approximate surface area is 155 Å². The molecule has 2 amide bonds. The van der Waals surface area contributed by atoms with Crippen LogP contribution < -0.4 is 16.8 Å². The van der Waals surface area contributed by atoms with Crippen LogP contribution in [0, 0.1) is 5.92 Å². The van der Waals surface area contributed by atoms with Crippen molar-refractivity contribution in [2.75, 3.05) is 25.9 Å². The Morgan fingerprint density at radius 1 is 1.42 bits per heavy atom. The zero-order valence-electron chi connectivity index (χ0n) is 15.6. The lowest BCUT2D eigenvalue weighted by Gasteiger charge is -2.32. The van der Waals surface area contributed by atoms with Crippen LogP contribution in [0.25, 0.3) is 0 Å². The van der Waals surface area contributed by atoms with Crippen molar-refractivity contribution in [2.24, 2.45) is 11.7 Å². The minimum absolute atomic E-state index is 0.0633. The highest BCUT2D eigenvalue weighted by atomic mass is 16.5. The molecule has 144 valence electrons. The first kappa shape index (κ1) is 20.2. The lowest BCUT2D eigenvalue weighted by molar-refractivity contribution is -0.134. The Bertz CT molecular complexity index is 593. The van der Waals surface area contributed by atoms with Crippen molar-refractivity contribution >= 4 is 18.0 Å². The maximum Gasteiger partial charge on any atom is 0.225 e. The highest BCUT2D eigenvalue weighted by Crippen LogP contribution is 2.25. The predicted molar refractivity (Wildman–Crippen MR) is 101 cm³/mol. The number of amides is 2. The lowest BCUT2D eigenvalue weighted by Crippen LogP contribution is -2.51. The minimum atomic E-state index is -0.383. The summed E-state index contributed by atoms with van der Waals surface area (Å²) in [7, 11) is 1.59. The van der Waals surface area contributed by atoms with Crippen LogP contribution in [0.15, 0.2) is 24.3 Å². The Morgan fingerprint density at radius 3 is 2.69 bits per heavy atom. The number of benzene rings is 1. The van der Waals surface area contributed by atoms with Gasteiger partial charge in [0, 0.05) is 31.9 Å². The fourth-order valence-electron chi connectivity index (χ4n) is 3.61. The van der Waals surface area contributed by atoms with E-state index in [1.165, 1.54) is 0 Å². The molecule has 1 aliphatic heterocycles. The molecular weight excluding hydrogens is 332 g/mol. The molecule has 1 saturated heterocycles. The molecule has 0 unspecified atom stereocenters. The third kappa shape index (κ3) is 4.95. The molecule has 0 radical (unpaired) electrons. The number of rotatable bonds is 9. The normalized spacial score (nSPS) is 20.4. The van der Waals surface area contributed by atoms with Crippen molar-refractivity contribution in [1.82, 2.24) is 10.2 Å². The maximum absolute atomic E-state index is 12.7. The third-order valence-electron chi connectivity index (χ3n) is 5.13. The second kappa shape index (κ2) is 9.54. The van der Waals surface area contributed by atoms with Crippen molar-refractivity contribution in [1.29, 1.82) is 0 Å². The van der Waals surface area contributed by atoms with Gasteiger partial charge in [-0.05, 0) is 37.0 Å². The Hall–Kier alpha value is -2.12. The summed E-state index contributed by atoms with van der Waals surface area (Å²) in [5.74, 6) is -0.494. The molecule has 0 bridgehead atoms. The third-order valence-corrected chi connectivity index (χ3v) is 5.13.